The highest BCUT2D eigenvalue weighted by Crippen LogP contribution is 2.04. The van der Waals surface area contributed by atoms with Gasteiger partial charge in [0.05, 0.1) is 5.55 Å². The molecule has 0 aliphatic carbocycles. The number of carboxylic acid groups (broad SMARTS) is 1. The third kappa shape index (κ3) is 3.31. The first-order valence-corrected chi connectivity index (χ1v) is 3.46. The van der Waals surface area contributed by atoms with Crippen molar-refractivity contribution in [2.45, 2.75) is 5.25 Å². The van der Waals surface area contributed by atoms with E-state index < -0.39 is 11.2 Å². The Morgan fingerprint density at radius 2 is 2.50 bits per heavy atom. The van der Waals surface area contributed by atoms with Crippen LogP contribution in [0.2, 0.25) is 0 Å². The van der Waals surface area contributed by atoms with Crippen molar-refractivity contribution in [1.82, 2.24) is 0 Å². The molecule has 0 aromatic carbocycles. The molecule has 10 heavy (non-hydrogen) atoms. The van der Waals surface area contributed by atoms with Gasteiger partial charge in [0.2, 0.25) is 0 Å². The molecule has 0 bridgehead atoms. The highest BCUT2D eigenvalue weighted by molar-refractivity contribution is 8.13. The van der Waals surface area contributed by atoms with Crippen LogP contribution in [-0.2, 0) is 4.79 Å². The largest absolute Gasteiger partial charge is 0.480 e. The van der Waals surface area contributed by atoms with Crippen LogP contribution < -0.4 is 11.6 Å². The minimum absolute atomic E-state index is 0.0754. The van der Waals surface area contributed by atoms with Gasteiger partial charge in [0.1, 0.15) is 5.25 Å². The monoisotopic (exact) mass is 163 g/mol. The van der Waals surface area contributed by atoms with Gasteiger partial charge in [0.15, 0.2) is 0 Å². The Bertz CT molecular complexity index is 138. The van der Waals surface area contributed by atoms with Crippen molar-refractivity contribution in [2.24, 2.45) is 16.7 Å². The number of nitrogens with two attached hydrogens (primary N) is 2. The zero-order chi connectivity index (χ0) is 7.98. The maximum atomic E-state index is 10.2. The summed E-state index contributed by atoms with van der Waals surface area (Å²) in [7, 11) is 0. The minimum atomic E-state index is -0.951. The van der Waals surface area contributed by atoms with Crippen LogP contribution in [0.3, 0.4) is 0 Å². The number of carbonyl (C=O) groups is 1. The van der Waals surface area contributed by atoms with E-state index in [1.807, 2.05) is 0 Å². The van der Waals surface area contributed by atoms with E-state index in [9.17, 15) is 4.79 Å². The van der Waals surface area contributed by atoms with Crippen LogP contribution in [0, 0.1) is 0 Å². The number of hydrogen-bond acceptors (Lipinski definition) is 5. The van der Waals surface area contributed by atoms with Crippen LogP contribution >= 0.6 is 11.8 Å². The molecule has 5 nitrogen and oxygen atoms in total. The molecule has 0 amide bonds. The highest BCUT2D eigenvalue weighted by atomic mass is 32.2. The molecular formula is C4H9N3O2S. The minimum Gasteiger partial charge on any atom is -0.480 e. The first kappa shape index (κ1) is 9.25. The fraction of sp³-hybridized carbons (Fsp3) is 0.500. The Morgan fingerprint density at radius 3 is 2.80 bits per heavy atom. The lowest BCUT2D eigenvalue weighted by Crippen LogP contribution is -2.25. The van der Waals surface area contributed by atoms with Crippen LogP contribution in [0.15, 0.2) is 5.10 Å². The maximum absolute atomic E-state index is 10.2. The van der Waals surface area contributed by atoms with Crippen LogP contribution in [0.5, 0.6) is 0 Å². The van der Waals surface area contributed by atoms with Crippen LogP contribution in [0.1, 0.15) is 0 Å². The van der Waals surface area contributed by atoms with Gasteiger partial charge in [-0.05, 0) is 0 Å². The molecule has 0 radical (unpaired) electrons. The van der Waals surface area contributed by atoms with Crippen molar-refractivity contribution >= 4 is 23.3 Å². The van der Waals surface area contributed by atoms with Crippen LogP contribution in [0.25, 0.3) is 0 Å². The molecule has 0 spiro atoms. The van der Waals surface area contributed by atoms with Gasteiger partial charge in [-0.2, -0.15) is 5.10 Å². The summed E-state index contributed by atoms with van der Waals surface area (Å²) in [5.41, 5.74) is 6.37. The Balaban J connectivity index is 3.71. The first-order valence-electron chi connectivity index (χ1n) is 2.52. The number of carboxylic acids is 1. The molecule has 0 aliphatic heterocycles. The first-order chi connectivity index (χ1) is 4.72. The molecule has 1 atom stereocenters. The Morgan fingerprint density at radius 1 is 1.90 bits per heavy atom. The normalized spacial score (nSPS) is 13.7. The van der Waals surface area contributed by atoms with E-state index in [0.29, 0.717) is 0 Å². The predicted molar refractivity (Wildman–Crippen MR) is 40.7 cm³/mol. The van der Waals surface area contributed by atoms with Gasteiger partial charge in [-0.15, -0.1) is 0 Å². The summed E-state index contributed by atoms with van der Waals surface area (Å²) in [6.45, 7) is 0.0754. The molecule has 0 aromatic rings. The number of hydrazone groups is 1. The molecule has 5 N–H and O–H groups in total. The average Bonchev–Trinajstić information content (AvgIpc) is 1.89. The second-order valence-corrected chi connectivity index (χ2v) is 2.51. The van der Waals surface area contributed by atoms with E-state index in [1.54, 1.807) is 0 Å². The number of nitrogens with zero attached hydrogens (tertiary/aromatic N) is 1. The molecule has 0 heterocycles. The summed E-state index contributed by atoms with van der Waals surface area (Å²) in [4.78, 5) is 10.2. The number of rotatable bonds is 4. The Hall–Kier alpha value is -0.750. The van der Waals surface area contributed by atoms with Gasteiger partial charge in [-0.25, -0.2) is 0 Å². The molecular weight excluding hydrogens is 154 g/mol. The smallest absolute Gasteiger partial charge is 0.318 e. The second-order valence-electron chi connectivity index (χ2n) is 1.45. The lowest BCUT2D eigenvalue weighted by Gasteiger charge is -2.02. The number of hydrogen-bond donors (Lipinski definition) is 3. The Labute approximate surface area is 62.5 Å². The summed E-state index contributed by atoms with van der Waals surface area (Å²) >= 11 is 0.988. The van der Waals surface area contributed by atoms with E-state index in [-0.39, 0.29) is 6.54 Å². The third-order valence-corrected chi connectivity index (χ3v) is 1.74. The molecule has 0 fully saturated rings. The van der Waals surface area contributed by atoms with Gasteiger partial charge in [-0.1, -0.05) is 11.8 Å². The molecule has 0 rings (SSSR count). The quantitative estimate of drug-likeness (QED) is 0.214. The summed E-state index contributed by atoms with van der Waals surface area (Å²) in [6.07, 6.45) is 0. The fourth-order valence-corrected chi connectivity index (χ4v) is 0.768. The van der Waals surface area contributed by atoms with Crippen molar-refractivity contribution in [1.29, 1.82) is 0 Å². The standard InChI is InChI=1S/C4H9N3O2S/c5-1-3(4(8)9)10-2-7-6/h2-3H,1,5-6H2,(H,8,9)/b7-2+. The molecule has 0 saturated heterocycles. The van der Waals surface area contributed by atoms with Crippen molar-refractivity contribution in [3.63, 3.8) is 0 Å². The summed E-state index contributed by atoms with van der Waals surface area (Å²) in [6, 6.07) is 0. The lowest BCUT2D eigenvalue weighted by molar-refractivity contribution is -0.136. The molecule has 58 valence electrons. The zero-order valence-electron chi connectivity index (χ0n) is 5.23. The summed E-state index contributed by atoms with van der Waals surface area (Å²) in [5.74, 6) is 3.80. The zero-order valence-corrected chi connectivity index (χ0v) is 6.04. The van der Waals surface area contributed by atoms with Gasteiger partial charge in [0.25, 0.3) is 0 Å². The maximum Gasteiger partial charge on any atom is 0.318 e. The van der Waals surface area contributed by atoms with Crippen molar-refractivity contribution in [2.75, 3.05) is 6.54 Å². The topological polar surface area (TPSA) is 102 Å². The molecule has 1 unspecified atom stereocenters. The SMILES string of the molecule is NCC(S/C=N/N)C(=O)O. The fourth-order valence-electron chi connectivity index (χ4n) is 0.323. The van der Waals surface area contributed by atoms with E-state index in [0.717, 1.165) is 11.8 Å². The molecule has 0 aromatic heterocycles. The van der Waals surface area contributed by atoms with Crippen LogP contribution in [-0.4, -0.2) is 28.4 Å². The van der Waals surface area contributed by atoms with Gasteiger partial charge >= 0.3 is 5.97 Å². The second kappa shape index (κ2) is 5.07. The van der Waals surface area contributed by atoms with Crippen molar-refractivity contribution in [3.05, 3.63) is 0 Å². The summed E-state index contributed by atoms with van der Waals surface area (Å²) < 4.78 is 0. The number of thioether (sulfide) groups is 1. The third-order valence-electron chi connectivity index (χ3n) is 0.775. The molecule has 0 aliphatic rings. The molecule has 6 heteroatoms. The van der Waals surface area contributed by atoms with Crippen LogP contribution in [0.4, 0.5) is 0 Å². The van der Waals surface area contributed by atoms with Crippen molar-refractivity contribution in [3.8, 4) is 0 Å². The average molecular weight is 163 g/mol. The van der Waals surface area contributed by atoms with Gasteiger partial charge in [-0.3, -0.25) is 4.79 Å². The van der Waals surface area contributed by atoms with Gasteiger partial charge < -0.3 is 16.7 Å². The summed E-state index contributed by atoms with van der Waals surface area (Å²) in [5, 5.41) is 10.9. The Kier molecular flexibility index (Phi) is 4.69. The van der Waals surface area contributed by atoms with E-state index in [4.69, 9.17) is 16.7 Å². The van der Waals surface area contributed by atoms with Gasteiger partial charge in [0, 0.05) is 6.54 Å². The van der Waals surface area contributed by atoms with E-state index in [2.05, 4.69) is 5.10 Å². The van der Waals surface area contributed by atoms with E-state index in [1.165, 1.54) is 5.55 Å². The predicted octanol–water partition coefficient (Wildman–Crippen LogP) is -0.967. The molecule has 0 saturated carbocycles. The lowest BCUT2D eigenvalue weighted by atomic mass is 10.4. The number of aliphatic carboxylic acids is 1. The highest BCUT2D eigenvalue weighted by Gasteiger charge is 2.13. The van der Waals surface area contributed by atoms with E-state index >= 15 is 0 Å². The van der Waals surface area contributed by atoms with Crippen molar-refractivity contribution < 1.29 is 9.90 Å².